The van der Waals surface area contributed by atoms with Crippen molar-refractivity contribution in [1.29, 1.82) is 0 Å². The van der Waals surface area contributed by atoms with Gasteiger partial charge in [0.25, 0.3) is 5.91 Å². The molecule has 0 aromatic carbocycles. The molecule has 1 N–H and O–H groups in total. The molecule has 3 aromatic rings. The molecule has 138 valence electrons. The van der Waals surface area contributed by atoms with E-state index in [0.717, 1.165) is 11.6 Å². The number of pyridine rings is 1. The van der Waals surface area contributed by atoms with Gasteiger partial charge in [-0.2, -0.15) is 0 Å². The van der Waals surface area contributed by atoms with Crippen LogP contribution in [0, 0.1) is 6.92 Å². The summed E-state index contributed by atoms with van der Waals surface area (Å²) in [5, 5.41) is 6.85. The average molecular weight is 365 g/mol. The molecule has 27 heavy (non-hydrogen) atoms. The summed E-state index contributed by atoms with van der Waals surface area (Å²) in [6.45, 7) is 4.34. The van der Waals surface area contributed by atoms with Gasteiger partial charge in [0.2, 0.25) is 0 Å². The van der Waals surface area contributed by atoms with E-state index in [0.29, 0.717) is 43.3 Å². The molecule has 3 aromatic heterocycles. The van der Waals surface area contributed by atoms with Gasteiger partial charge in [0.05, 0.1) is 6.20 Å². The van der Waals surface area contributed by atoms with Crippen molar-refractivity contribution in [2.75, 3.05) is 36.4 Å². The lowest BCUT2D eigenvalue weighted by molar-refractivity contribution is 0.0744. The lowest BCUT2D eigenvalue weighted by Crippen LogP contribution is -2.49. The Labute approximate surface area is 156 Å². The summed E-state index contributed by atoms with van der Waals surface area (Å²) in [5.74, 6) is 2.72. The minimum Gasteiger partial charge on any atom is -0.361 e. The Morgan fingerprint density at radius 3 is 2.67 bits per heavy atom. The molecule has 1 aliphatic rings. The first-order valence-electron chi connectivity index (χ1n) is 8.66. The predicted molar refractivity (Wildman–Crippen MR) is 98.9 cm³/mol. The van der Waals surface area contributed by atoms with E-state index < -0.39 is 0 Å². The highest BCUT2D eigenvalue weighted by Gasteiger charge is 2.25. The number of anilines is 3. The van der Waals surface area contributed by atoms with Crippen molar-refractivity contribution in [3.8, 4) is 0 Å². The zero-order valence-electron chi connectivity index (χ0n) is 14.9. The molecule has 1 aliphatic heterocycles. The monoisotopic (exact) mass is 365 g/mol. The number of piperazine rings is 1. The van der Waals surface area contributed by atoms with Crippen LogP contribution in [-0.2, 0) is 0 Å². The maximum absolute atomic E-state index is 12.5. The largest absolute Gasteiger partial charge is 0.361 e. The molecule has 0 saturated carbocycles. The molecule has 0 atom stereocenters. The van der Waals surface area contributed by atoms with Crippen LogP contribution in [0.3, 0.4) is 0 Å². The number of hydrogen-bond donors (Lipinski definition) is 1. The van der Waals surface area contributed by atoms with Crippen LogP contribution in [-0.4, -0.2) is 57.1 Å². The number of carbonyl (C=O) groups is 1. The highest BCUT2D eigenvalue weighted by molar-refractivity contribution is 5.94. The van der Waals surface area contributed by atoms with Gasteiger partial charge in [0.15, 0.2) is 0 Å². The minimum absolute atomic E-state index is 0.0476. The van der Waals surface area contributed by atoms with Gasteiger partial charge in [0.1, 0.15) is 35.1 Å². The molecule has 4 rings (SSSR count). The number of amides is 1. The number of nitrogens with zero attached hydrogens (tertiary/aromatic N) is 6. The van der Waals surface area contributed by atoms with Crippen LogP contribution in [0.1, 0.15) is 16.1 Å². The molecule has 1 saturated heterocycles. The minimum atomic E-state index is -0.0476. The molecular weight excluding hydrogens is 346 g/mol. The van der Waals surface area contributed by atoms with Gasteiger partial charge in [-0.1, -0.05) is 11.2 Å². The third kappa shape index (κ3) is 3.71. The van der Waals surface area contributed by atoms with E-state index in [2.05, 4.69) is 30.3 Å². The summed E-state index contributed by atoms with van der Waals surface area (Å²) in [6, 6.07) is 7.53. The zero-order valence-corrected chi connectivity index (χ0v) is 14.9. The Morgan fingerprint density at radius 1 is 1.11 bits per heavy atom. The highest BCUT2D eigenvalue weighted by Crippen LogP contribution is 2.19. The van der Waals surface area contributed by atoms with Gasteiger partial charge in [-0.25, -0.2) is 15.0 Å². The number of carbonyl (C=O) groups excluding carboxylic acids is 1. The van der Waals surface area contributed by atoms with E-state index in [1.807, 2.05) is 29.2 Å². The SMILES string of the molecule is Cc1oncc1C(=O)N1CCN(c2cc(Nc3ccccn3)ncn2)CC1. The summed E-state index contributed by atoms with van der Waals surface area (Å²) >= 11 is 0. The molecule has 0 unspecified atom stereocenters. The van der Waals surface area contributed by atoms with Crippen LogP contribution in [0.15, 0.2) is 47.5 Å². The summed E-state index contributed by atoms with van der Waals surface area (Å²) in [6.07, 6.45) is 4.72. The van der Waals surface area contributed by atoms with Gasteiger partial charge in [-0.3, -0.25) is 4.79 Å². The van der Waals surface area contributed by atoms with Crippen molar-refractivity contribution in [2.24, 2.45) is 0 Å². The smallest absolute Gasteiger partial charge is 0.259 e. The third-order valence-corrected chi connectivity index (χ3v) is 4.45. The Balaban J connectivity index is 1.40. The van der Waals surface area contributed by atoms with E-state index in [1.165, 1.54) is 12.5 Å². The Kier molecular flexibility index (Phi) is 4.65. The lowest BCUT2D eigenvalue weighted by Gasteiger charge is -2.35. The van der Waals surface area contributed by atoms with Gasteiger partial charge in [-0.05, 0) is 19.1 Å². The number of aromatic nitrogens is 4. The van der Waals surface area contributed by atoms with Gasteiger partial charge >= 0.3 is 0 Å². The zero-order chi connectivity index (χ0) is 18.6. The fourth-order valence-corrected chi connectivity index (χ4v) is 2.97. The highest BCUT2D eigenvalue weighted by atomic mass is 16.5. The van der Waals surface area contributed by atoms with Crippen LogP contribution in [0.25, 0.3) is 0 Å². The van der Waals surface area contributed by atoms with Crippen LogP contribution in [0.2, 0.25) is 0 Å². The molecule has 0 bridgehead atoms. The molecule has 0 spiro atoms. The molecule has 0 aliphatic carbocycles. The van der Waals surface area contributed by atoms with Crippen molar-refractivity contribution in [3.63, 3.8) is 0 Å². The first-order valence-corrected chi connectivity index (χ1v) is 8.66. The second-order valence-electron chi connectivity index (χ2n) is 6.18. The molecule has 9 heteroatoms. The van der Waals surface area contributed by atoms with E-state index in [4.69, 9.17) is 4.52 Å². The summed E-state index contributed by atoms with van der Waals surface area (Å²) in [7, 11) is 0. The standard InChI is InChI=1S/C18H19N7O2/c1-13-14(11-22-27-13)18(26)25-8-6-24(7-9-25)17-10-16(20-12-21-17)23-15-4-2-3-5-19-15/h2-5,10-12H,6-9H2,1H3,(H,19,20,21,23). The van der Waals surface area contributed by atoms with Crippen molar-refractivity contribution in [1.82, 2.24) is 25.0 Å². The molecule has 1 fully saturated rings. The van der Waals surface area contributed by atoms with Crippen LogP contribution < -0.4 is 10.2 Å². The van der Waals surface area contributed by atoms with Crippen molar-refractivity contribution in [3.05, 3.63) is 54.3 Å². The summed E-state index contributed by atoms with van der Waals surface area (Å²) in [5.41, 5.74) is 0.521. The van der Waals surface area contributed by atoms with E-state index in [-0.39, 0.29) is 5.91 Å². The lowest BCUT2D eigenvalue weighted by atomic mass is 10.2. The predicted octanol–water partition coefficient (Wildman–Crippen LogP) is 1.87. The Bertz CT molecular complexity index is 920. The first kappa shape index (κ1) is 17.0. The molecule has 9 nitrogen and oxygen atoms in total. The number of aryl methyl sites for hydroxylation is 1. The number of hydrogen-bond acceptors (Lipinski definition) is 8. The first-order chi connectivity index (χ1) is 13.2. The quantitative estimate of drug-likeness (QED) is 0.748. The molecule has 0 radical (unpaired) electrons. The van der Waals surface area contributed by atoms with Gasteiger partial charge in [-0.15, -0.1) is 0 Å². The van der Waals surface area contributed by atoms with Gasteiger partial charge in [0, 0.05) is 38.4 Å². The number of nitrogens with one attached hydrogen (secondary N) is 1. The topological polar surface area (TPSA) is 100 Å². The van der Waals surface area contributed by atoms with Crippen molar-refractivity contribution < 1.29 is 9.32 Å². The Morgan fingerprint density at radius 2 is 1.96 bits per heavy atom. The normalized spacial score (nSPS) is 14.3. The van der Waals surface area contributed by atoms with E-state index in [1.54, 1.807) is 13.1 Å². The van der Waals surface area contributed by atoms with Crippen LogP contribution in [0.5, 0.6) is 0 Å². The third-order valence-electron chi connectivity index (χ3n) is 4.45. The second-order valence-corrected chi connectivity index (χ2v) is 6.18. The summed E-state index contributed by atoms with van der Waals surface area (Å²) in [4.78, 5) is 29.3. The molecular formula is C18H19N7O2. The number of rotatable bonds is 4. The fraction of sp³-hybridized carbons (Fsp3) is 0.278. The molecule has 1 amide bonds. The second kappa shape index (κ2) is 7.40. The van der Waals surface area contributed by atoms with Gasteiger partial charge < -0.3 is 19.6 Å². The molecule has 4 heterocycles. The van der Waals surface area contributed by atoms with Crippen LogP contribution in [0.4, 0.5) is 17.5 Å². The van der Waals surface area contributed by atoms with Crippen LogP contribution >= 0.6 is 0 Å². The van der Waals surface area contributed by atoms with E-state index in [9.17, 15) is 4.79 Å². The average Bonchev–Trinajstić information content (AvgIpc) is 3.14. The Hall–Kier alpha value is -3.49. The van der Waals surface area contributed by atoms with Crippen molar-refractivity contribution >= 4 is 23.4 Å². The fourth-order valence-electron chi connectivity index (χ4n) is 2.97. The summed E-state index contributed by atoms with van der Waals surface area (Å²) < 4.78 is 4.99. The van der Waals surface area contributed by atoms with E-state index >= 15 is 0 Å². The van der Waals surface area contributed by atoms with Crippen molar-refractivity contribution in [2.45, 2.75) is 6.92 Å². The maximum atomic E-state index is 12.5. The maximum Gasteiger partial charge on any atom is 0.259 e.